The highest BCUT2D eigenvalue weighted by molar-refractivity contribution is 7.99. The van der Waals surface area contributed by atoms with Gasteiger partial charge in [0, 0.05) is 29.9 Å². The number of hydrogen-bond donors (Lipinski definition) is 2. The fourth-order valence-electron chi connectivity index (χ4n) is 4.49. The van der Waals surface area contributed by atoms with E-state index in [1.807, 2.05) is 29.8 Å². The SMILES string of the molecule is COC1(C(=O)NS(=O)(=O)c2cc(F)c(N[C@H](CCN(C)C)CSc3ccc(F)cc3F)c(C#N)c2)CCCCC1. The normalized spacial score (nSPS) is 15.8. The Morgan fingerprint density at radius 1 is 1.15 bits per heavy atom. The van der Waals surface area contributed by atoms with Crippen LogP contribution in [0.25, 0.3) is 0 Å². The molecule has 0 unspecified atom stereocenters. The summed E-state index contributed by atoms with van der Waals surface area (Å²) in [7, 11) is 0.528. The molecule has 2 aromatic carbocycles. The number of nitrogens with zero attached hydrogens (tertiary/aromatic N) is 2. The van der Waals surface area contributed by atoms with Crippen molar-refractivity contribution < 1.29 is 31.1 Å². The maximum Gasteiger partial charge on any atom is 0.265 e. The van der Waals surface area contributed by atoms with Gasteiger partial charge in [0.25, 0.3) is 15.9 Å². The minimum Gasteiger partial charge on any atom is -0.378 e. The van der Waals surface area contributed by atoms with Gasteiger partial charge in [-0.1, -0.05) is 19.3 Å². The van der Waals surface area contributed by atoms with Crippen molar-refractivity contribution in [1.29, 1.82) is 5.26 Å². The number of sulfonamides is 1. The zero-order valence-corrected chi connectivity index (χ0v) is 24.2. The number of carbonyl (C=O) groups excluding carboxylic acids is 1. The first kappa shape index (κ1) is 31.7. The van der Waals surface area contributed by atoms with Crippen molar-refractivity contribution in [2.75, 3.05) is 38.8 Å². The first-order chi connectivity index (χ1) is 18.9. The van der Waals surface area contributed by atoms with E-state index in [4.69, 9.17) is 4.74 Å². The van der Waals surface area contributed by atoms with Crippen LogP contribution in [0.4, 0.5) is 18.9 Å². The minimum atomic E-state index is -4.51. The highest BCUT2D eigenvalue weighted by Gasteiger charge is 2.41. The lowest BCUT2D eigenvalue weighted by Gasteiger charge is -2.34. The van der Waals surface area contributed by atoms with Gasteiger partial charge in [0.1, 0.15) is 29.1 Å². The zero-order chi connectivity index (χ0) is 29.5. The van der Waals surface area contributed by atoms with Crippen molar-refractivity contribution >= 4 is 33.4 Å². The number of halogens is 3. The number of amides is 1. The second-order valence-electron chi connectivity index (χ2n) is 9.95. The number of hydrogen-bond acceptors (Lipinski definition) is 8. The predicted molar refractivity (Wildman–Crippen MR) is 147 cm³/mol. The molecule has 0 aliphatic heterocycles. The maximum atomic E-state index is 15.4. The molecule has 0 heterocycles. The van der Waals surface area contributed by atoms with Gasteiger partial charge < -0.3 is 15.0 Å². The highest BCUT2D eigenvalue weighted by atomic mass is 32.2. The number of benzene rings is 2. The summed E-state index contributed by atoms with van der Waals surface area (Å²) in [5.41, 5.74) is -1.78. The Bertz CT molecular complexity index is 1360. The van der Waals surface area contributed by atoms with Gasteiger partial charge in [-0.05, 0) is 64.2 Å². The average Bonchev–Trinajstić information content (AvgIpc) is 2.91. The van der Waals surface area contributed by atoms with Crippen molar-refractivity contribution in [1.82, 2.24) is 9.62 Å². The van der Waals surface area contributed by atoms with E-state index < -0.39 is 49.9 Å². The average molecular weight is 599 g/mol. The molecule has 1 aliphatic carbocycles. The minimum absolute atomic E-state index is 0.211. The molecule has 2 N–H and O–H groups in total. The van der Waals surface area contributed by atoms with E-state index >= 15 is 4.39 Å². The summed E-state index contributed by atoms with van der Waals surface area (Å²) in [6.07, 6.45) is 3.51. The summed E-state index contributed by atoms with van der Waals surface area (Å²) in [5.74, 6) is -3.01. The molecule has 40 heavy (non-hydrogen) atoms. The Morgan fingerprint density at radius 2 is 1.85 bits per heavy atom. The molecule has 13 heteroatoms. The van der Waals surface area contributed by atoms with Gasteiger partial charge >= 0.3 is 0 Å². The van der Waals surface area contributed by atoms with Crippen molar-refractivity contribution in [3.63, 3.8) is 0 Å². The van der Waals surface area contributed by atoms with Crippen LogP contribution in [0.5, 0.6) is 0 Å². The number of ether oxygens (including phenoxy) is 1. The monoisotopic (exact) mass is 598 g/mol. The van der Waals surface area contributed by atoms with Gasteiger partial charge in [0.15, 0.2) is 0 Å². The number of methoxy groups -OCH3 is 1. The van der Waals surface area contributed by atoms with Crippen molar-refractivity contribution in [2.24, 2.45) is 0 Å². The third-order valence-corrected chi connectivity index (χ3v) is 9.32. The second kappa shape index (κ2) is 13.7. The number of rotatable bonds is 12. The molecule has 0 spiro atoms. The molecule has 218 valence electrons. The van der Waals surface area contributed by atoms with Gasteiger partial charge in [0.2, 0.25) is 0 Å². The number of carbonyl (C=O) groups is 1. The van der Waals surface area contributed by atoms with Gasteiger partial charge in [-0.2, -0.15) is 5.26 Å². The lowest BCUT2D eigenvalue weighted by Crippen LogP contribution is -2.51. The summed E-state index contributed by atoms with van der Waals surface area (Å²) >= 11 is 1.10. The highest BCUT2D eigenvalue weighted by Crippen LogP contribution is 2.33. The van der Waals surface area contributed by atoms with Crippen LogP contribution < -0.4 is 10.0 Å². The van der Waals surface area contributed by atoms with Crippen LogP contribution in [-0.4, -0.2) is 64.4 Å². The third kappa shape index (κ3) is 7.90. The van der Waals surface area contributed by atoms with Crippen LogP contribution in [0.3, 0.4) is 0 Å². The van der Waals surface area contributed by atoms with Gasteiger partial charge in [0.05, 0.1) is 16.1 Å². The Morgan fingerprint density at radius 3 is 2.45 bits per heavy atom. The van der Waals surface area contributed by atoms with Crippen molar-refractivity contribution in [3.05, 3.63) is 53.3 Å². The molecule has 0 bridgehead atoms. The molecule has 2 aromatic rings. The lowest BCUT2D eigenvalue weighted by molar-refractivity contribution is -0.145. The number of nitriles is 1. The van der Waals surface area contributed by atoms with Crippen LogP contribution >= 0.6 is 11.8 Å². The largest absolute Gasteiger partial charge is 0.378 e. The molecular weight excluding hydrogens is 565 g/mol. The van der Waals surface area contributed by atoms with Gasteiger partial charge in [-0.3, -0.25) is 4.79 Å². The van der Waals surface area contributed by atoms with E-state index in [1.54, 1.807) is 0 Å². The van der Waals surface area contributed by atoms with Crippen LogP contribution in [-0.2, 0) is 19.6 Å². The van der Waals surface area contributed by atoms with Crippen LogP contribution in [0.2, 0.25) is 0 Å². The lowest BCUT2D eigenvalue weighted by atomic mass is 9.84. The summed E-state index contributed by atoms with van der Waals surface area (Å²) in [6, 6.07) is 6.33. The second-order valence-corrected chi connectivity index (χ2v) is 12.7. The topological polar surface area (TPSA) is 112 Å². The Labute approximate surface area is 237 Å². The summed E-state index contributed by atoms with van der Waals surface area (Å²) in [4.78, 5) is 14.4. The molecule has 1 fully saturated rings. The molecule has 0 radical (unpaired) electrons. The van der Waals surface area contributed by atoms with Crippen molar-refractivity contribution in [3.8, 4) is 6.07 Å². The molecule has 1 atom stereocenters. The zero-order valence-electron chi connectivity index (χ0n) is 22.6. The molecule has 1 aliphatic rings. The van der Waals surface area contributed by atoms with Gasteiger partial charge in [-0.15, -0.1) is 11.8 Å². The molecule has 3 rings (SSSR count). The van der Waals surface area contributed by atoms with Crippen LogP contribution in [0, 0.1) is 28.8 Å². The van der Waals surface area contributed by atoms with E-state index in [0.717, 1.165) is 42.4 Å². The van der Waals surface area contributed by atoms with E-state index in [1.165, 1.54) is 13.2 Å². The number of nitrogens with one attached hydrogen (secondary N) is 2. The van der Waals surface area contributed by atoms with E-state index in [0.29, 0.717) is 38.6 Å². The molecule has 8 nitrogen and oxygen atoms in total. The van der Waals surface area contributed by atoms with Crippen LogP contribution in [0.1, 0.15) is 44.1 Å². The van der Waals surface area contributed by atoms with E-state index in [2.05, 4.69) is 5.32 Å². The standard InChI is InChI=1S/C27H33F3N4O4S2/c1-34(2)12-9-20(17-39-24-8-7-19(28)14-22(24)29)32-25-18(16-31)13-21(15-23(25)30)40(36,37)33-26(35)27(38-3)10-5-4-6-11-27/h7-8,13-15,20,32H,4-6,9-12,17H2,1-3H3,(H,33,35)/t20-/m1/s1. The van der Waals surface area contributed by atoms with E-state index in [-0.39, 0.29) is 21.9 Å². The fourth-order valence-corrected chi connectivity index (χ4v) is 6.56. The first-order valence-corrected chi connectivity index (χ1v) is 15.2. The number of thioether (sulfide) groups is 1. The summed E-state index contributed by atoms with van der Waals surface area (Å²) in [6.45, 7) is 0.577. The maximum absolute atomic E-state index is 15.4. The molecule has 0 aromatic heterocycles. The smallest absolute Gasteiger partial charge is 0.265 e. The molecular formula is C27H33F3N4O4S2. The van der Waals surface area contributed by atoms with Crippen molar-refractivity contribution in [2.45, 2.75) is 60.0 Å². The fraction of sp³-hybridized carbons (Fsp3) is 0.481. The summed E-state index contributed by atoms with van der Waals surface area (Å²) in [5, 5.41) is 12.7. The van der Waals surface area contributed by atoms with Gasteiger partial charge in [-0.25, -0.2) is 26.3 Å². The van der Waals surface area contributed by atoms with Crippen LogP contribution in [0.15, 0.2) is 40.1 Å². The third-order valence-electron chi connectivity index (χ3n) is 6.79. The molecule has 0 saturated heterocycles. The first-order valence-electron chi connectivity index (χ1n) is 12.8. The number of anilines is 1. The Hall–Kier alpha value is -2.79. The van der Waals surface area contributed by atoms with E-state index in [9.17, 15) is 27.3 Å². The molecule has 1 amide bonds. The Balaban J connectivity index is 1.84. The quantitative estimate of drug-likeness (QED) is 0.340. The molecule has 1 saturated carbocycles. The Kier molecular flexibility index (Phi) is 10.9. The predicted octanol–water partition coefficient (Wildman–Crippen LogP) is 4.65. The summed E-state index contributed by atoms with van der Waals surface area (Å²) < 4.78 is 76.3.